The van der Waals surface area contributed by atoms with Crippen LogP contribution in [-0.4, -0.2) is 4.92 Å². The van der Waals surface area contributed by atoms with Crippen LogP contribution >= 0.6 is 7.92 Å². The minimum absolute atomic E-state index is 0.137. The Labute approximate surface area is 166 Å². The van der Waals surface area contributed by atoms with Crippen molar-refractivity contribution in [1.82, 2.24) is 0 Å². The van der Waals surface area contributed by atoms with Crippen molar-refractivity contribution in [2.24, 2.45) is 0 Å². The Hall–Kier alpha value is -3.29. The normalized spacial score (nSPS) is 10.0. The summed E-state index contributed by atoms with van der Waals surface area (Å²) in [6, 6.07) is 40.3. The zero-order valence-electron chi connectivity index (χ0n) is 15.3. The van der Waals surface area contributed by atoms with Crippen molar-refractivity contribution >= 4 is 29.5 Å². The van der Waals surface area contributed by atoms with Crippen molar-refractivity contribution < 1.29 is 4.92 Å². The van der Waals surface area contributed by atoms with Crippen molar-refractivity contribution in [1.29, 1.82) is 0 Å². The van der Waals surface area contributed by atoms with Crippen LogP contribution in [-0.2, 0) is 0 Å². The van der Waals surface area contributed by atoms with E-state index in [-0.39, 0.29) is 5.69 Å². The maximum Gasteiger partial charge on any atom is 0.269 e. The summed E-state index contributed by atoms with van der Waals surface area (Å²) in [6.45, 7) is 0. The van der Waals surface area contributed by atoms with Crippen molar-refractivity contribution in [3.63, 3.8) is 0 Å². The van der Waals surface area contributed by atoms with E-state index in [0.29, 0.717) is 0 Å². The lowest BCUT2D eigenvalue weighted by Crippen LogP contribution is -2.20. The predicted octanol–water partition coefficient (Wildman–Crippen LogP) is 5.04. The molecule has 0 saturated carbocycles. The summed E-state index contributed by atoms with van der Waals surface area (Å²) in [5, 5.41) is 14.2. The summed E-state index contributed by atoms with van der Waals surface area (Å²) < 4.78 is 0. The van der Waals surface area contributed by atoms with Crippen LogP contribution in [0.25, 0.3) is 0 Å². The molecule has 3 nitrogen and oxygen atoms in total. The first kappa shape index (κ1) is 19.5. The minimum Gasteiger partial charge on any atom is -0.258 e. The summed E-state index contributed by atoms with van der Waals surface area (Å²) in [5.74, 6) is 0. The lowest BCUT2D eigenvalue weighted by atomic mass is 10.3. The van der Waals surface area contributed by atoms with Gasteiger partial charge in [0.1, 0.15) is 0 Å². The molecule has 0 unspecified atom stereocenters. The molecule has 0 radical (unpaired) electrons. The molecule has 0 aliphatic heterocycles. The average Bonchev–Trinajstić information content (AvgIpc) is 2.77. The summed E-state index contributed by atoms with van der Waals surface area (Å²) >= 11 is 0. The number of hydrogen-bond acceptors (Lipinski definition) is 2. The standard InChI is InChI=1S/C18H15P.C6H5NO2/c1-4-10-16(11-5-1)19(17-12-6-2-7-13-17)18-14-8-3-9-15-18;8-7(9)6-4-2-1-3-5-6/h1-15H;1-5H. The molecule has 0 fully saturated rings. The van der Waals surface area contributed by atoms with E-state index in [0.717, 1.165) is 0 Å². The minimum atomic E-state index is -0.446. The Morgan fingerprint density at radius 2 is 0.786 bits per heavy atom. The van der Waals surface area contributed by atoms with Gasteiger partial charge in [-0.3, -0.25) is 10.1 Å². The molecule has 0 N–H and O–H groups in total. The van der Waals surface area contributed by atoms with Crippen LogP contribution in [0.3, 0.4) is 0 Å². The summed E-state index contributed by atoms with van der Waals surface area (Å²) in [4.78, 5) is 9.59. The molecule has 28 heavy (non-hydrogen) atoms. The third-order valence-corrected chi connectivity index (χ3v) is 6.45. The first-order chi connectivity index (χ1) is 13.8. The molecule has 138 valence electrons. The smallest absolute Gasteiger partial charge is 0.258 e. The molecule has 0 amide bonds. The fourth-order valence-corrected chi connectivity index (χ4v) is 5.03. The molecular weight excluding hydrogens is 365 g/mol. The van der Waals surface area contributed by atoms with Gasteiger partial charge < -0.3 is 0 Å². The molecule has 0 aliphatic rings. The Balaban J connectivity index is 0.000000211. The van der Waals surface area contributed by atoms with Gasteiger partial charge in [-0.1, -0.05) is 109 Å². The SMILES string of the molecule is O=[N+]([O-])c1ccccc1.c1ccc(P(c2ccccc2)c2ccccc2)cc1. The van der Waals surface area contributed by atoms with Crippen molar-refractivity contribution in [2.75, 3.05) is 0 Å². The number of nitrogens with zero attached hydrogens (tertiary/aromatic N) is 1. The van der Waals surface area contributed by atoms with Gasteiger partial charge in [0.15, 0.2) is 0 Å². The number of nitro groups is 1. The Bertz CT molecular complexity index is 884. The molecule has 0 heterocycles. The monoisotopic (exact) mass is 385 g/mol. The fraction of sp³-hybridized carbons (Fsp3) is 0. The Morgan fingerprint density at radius 3 is 1.04 bits per heavy atom. The van der Waals surface area contributed by atoms with Gasteiger partial charge in [-0.15, -0.1) is 0 Å². The average molecular weight is 385 g/mol. The highest BCUT2D eigenvalue weighted by atomic mass is 31.1. The van der Waals surface area contributed by atoms with Crippen LogP contribution in [0, 0.1) is 10.1 Å². The number of hydrogen-bond donors (Lipinski definition) is 0. The first-order valence-corrected chi connectivity index (χ1v) is 10.2. The molecule has 0 atom stereocenters. The second kappa shape index (κ2) is 10.1. The zero-order chi connectivity index (χ0) is 19.6. The van der Waals surface area contributed by atoms with E-state index in [1.54, 1.807) is 18.2 Å². The van der Waals surface area contributed by atoms with E-state index >= 15 is 0 Å². The molecule has 4 aromatic rings. The van der Waals surface area contributed by atoms with Crippen LogP contribution in [0.2, 0.25) is 0 Å². The molecule has 4 heteroatoms. The predicted molar refractivity (Wildman–Crippen MR) is 118 cm³/mol. The molecule has 0 spiro atoms. The quantitative estimate of drug-likeness (QED) is 0.281. The second-order valence-corrected chi connectivity index (χ2v) is 8.15. The molecular formula is C24H20NO2P. The van der Waals surface area contributed by atoms with E-state index in [1.165, 1.54) is 28.0 Å². The maximum absolute atomic E-state index is 10.0. The molecule has 0 aliphatic carbocycles. The van der Waals surface area contributed by atoms with Crippen molar-refractivity contribution in [3.05, 3.63) is 131 Å². The number of non-ortho nitro benzene ring substituents is 1. The molecule has 0 aromatic heterocycles. The van der Waals surface area contributed by atoms with Gasteiger partial charge in [-0.25, -0.2) is 0 Å². The highest BCUT2D eigenvalue weighted by Gasteiger charge is 2.14. The van der Waals surface area contributed by atoms with Crippen molar-refractivity contribution in [2.45, 2.75) is 0 Å². The second-order valence-electron chi connectivity index (χ2n) is 5.93. The Kier molecular flexibility index (Phi) is 7.06. The van der Waals surface area contributed by atoms with E-state index in [4.69, 9.17) is 0 Å². The van der Waals surface area contributed by atoms with E-state index < -0.39 is 12.8 Å². The molecule has 0 saturated heterocycles. The lowest BCUT2D eigenvalue weighted by Gasteiger charge is -2.18. The van der Waals surface area contributed by atoms with Gasteiger partial charge in [0, 0.05) is 12.1 Å². The van der Waals surface area contributed by atoms with Crippen LogP contribution in [0.5, 0.6) is 0 Å². The van der Waals surface area contributed by atoms with E-state index in [1.807, 2.05) is 0 Å². The largest absolute Gasteiger partial charge is 0.269 e. The molecule has 0 bridgehead atoms. The fourth-order valence-electron chi connectivity index (χ4n) is 2.73. The van der Waals surface area contributed by atoms with Gasteiger partial charge in [-0.05, 0) is 23.8 Å². The van der Waals surface area contributed by atoms with Gasteiger partial charge in [0.2, 0.25) is 0 Å². The van der Waals surface area contributed by atoms with Gasteiger partial charge in [0.25, 0.3) is 5.69 Å². The van der Waals surface area contributed by atoms with Crippen LogP contribution in [0.15, 0.2) is 121 Å². The van der Waals surface area contributed by atoms with Crippen molar-refractivity contribution in [3.8, 4) is 0 Å². The molecule has 4 aromatic carbocycles. The highest BCUT2D eigenvalue weighted by Crippen LogP contribution is 2.32. The number of benzene rings is 4. The van der Waals surface area contributed by atoms with Gasteiger partial charge in [-0.2, -0.15) is 0 Å². The summed E-state index contributed by atoms with van der Waals surface area (Å²) in [7, 11) is -0.446. The third-order valence-electron chi connectivity index (χ3n) is 4.01. The maximum atomic E-state index is 10.0. The number of nitro benzene ring substituents is 1. The van der Waals surface area contributed by atoms with E-state index in [2.05, 4.69) is 91.0 Å². The number of rotatable bonds is 4. The first-order valence-electron chi connectivity index (χ1n) is 8.90. The topological polar surface area (TPSA) is 43.1 Å². The lowest BCUT2D eigenvalue weighted by molar-refractivity contribution is -0.384. The van der Waals surface area contributed by atoms with Crippen LogP contribution in [0.4, 0.5) is 5.69 Å². The summed E-state index contributed by atoms with van der Waals surface area (Å²) in [6.07, 6.45) is 0. The van der Waals surface area contributed by atoms with Crippen LogP contribution < -0.4 is 15.9 Å². The zero-order valence-corrected chi connectivity index (χ0v) is 16.2. The number of para-hydroxylation sites is 1. The highest BCUT2D eigenvalue weighted by molar-refractivity contribution is 7.79. The third kappa shape index (κ3) is 5.35. The van der Waals surface area contributed by atoms with Crippen LogP contribution in [0.1, 0.15) is 0 Å². The summed E-state index contributed by atoms with van der Waals surface area (Å²) in [5.41, 5.74) is 0.137. The van der Waals surface area contributed by atoms with E-state index in [9.17, 15) is 10.1 Å². The van der Waals surface area contributed by atoms with Gasteiger partial charge >= 0.3 is 0 Å². The molecule has 4 rings (SSSR count). The Morgan fingerprint density at radius 1 is 0.500 bits per heavy atom. The van der Waals surface area contributed by atoms with Gasteiger partial charge in [0.05, 0.1) is 4.92 Å².